The Morgan fingerprint density at radius 2 is 2.05 bits per heavy atom. The first-order valence-electron chi connectivity index (χ1n) is 5.89. The molecule has 1 aromatic rings. The van der Waals surface area contributed by atoms with Gasteiger partial charge in [-0.15, -0.1) is 5.92 Å². The van der Waals surface area contributed by atoms with Gasteiger partial charge in [0.15, 0.2) is 6.23 Å². The highest BCUT2D eigenvalue weighted by atomic mass is 16.5. The van der Waals surface area contributed by atoms with Crippen molar-refractivity contribution < 1.29 is 20.1 Å². The van der Waals surface area contributed by atoms with Crippen LogP contribution in [0.3, 0.4) is 0 Å². The summed E-state index contributed by atoms with van der Waals surface area (Å²) in [5.41, 5.74) is -1.42. The van der Waals surface area contributed by atoms with Gasteiger partial charge in [0.05, 0.1) is 6.61 Å². The summed E-state index contributed by atoms with van der Waals surface area (Å²) in [6, 6.07) is 0. The smallest absolute Gasteiger partial charge is 0.330 e. The first-order valence-corrected chi connectivity index (χ1v) is 5.89. The molecule has 0 aromatic carbocycles. The van der Waals surface area contributed by atoms with Crippen molar-refractivity contribution in [3.63, 3.8) is 0 Å². The molecule has 108 valence electrons. The van der Waals surface area contributed by atoms with Gasteiger partial charge in [-0.25, -0.2) is 4.79 Å². The molecule has 1 saturated heterocycles. The lowest BCUT2D eigenvalue weighted by atomic mass is 10.0. The fourth-order valence-electron chi connectivity index (χ4n) is 1.93. The second-order valence-corrected chi connectivity index (χ2v) is 4.36. The lowest BCUT2D eigenvalue weighted by molar-refractivity contribution is -0.212. The van der Waals surface area contributed by atoms with Gasteiger partial charge in [-0.2, -0.15) is 0 Å². The average Bonchev–Trinajstić information content (AvgIpc) is 2.40. The van der Waals surface area contributed by atoms with Crippen LogP contribution in [0.4, 0.5) is 0 Å². The zero-order valence-electron chi connectivity index (χ0n) is 10.6. The number of rotatable bonds is 1. The van der Waals surface area contributed by atoms with E-state index in [-0.39, 0.29) is 12.2 Å². The quantitative estimate of drug-likeness (QED) is 0.423. The van der Waals surface area contributed by atoms with Crippen molar-refractivity contribution in [3.8, 4) is 11.8 Å². The standard InChI is InChI=1S/C12H14N2O6/c1-2-3-6-4-14(12(19)13-10(6)18)11-9(17)8(16)7(15)5-20-11/h4,7-9,11,15-17H,5H2,1H3,(H,13,18,19)/t7-,8-,9+,11?/m1/s1. The Labute approximate surface area is 113 Å². The summed E-state index contributed by atoms with van der Waals surface area (Å²) in [5.74, 6) is 5.04. The molecule has 1 aliphatic rings. The largest absolute Gasteiger partial charge is 0.388 e. The van der Waals surface area contributed by atoms with E-state index in [1.165, 1.54) is 6.92 Å². The minimum Gasteiger partial charge on any atom is -0.388 e. The van der Waals surface area contributed by atoms with E-state index in [1.807, 2.05) is 0 Å². The fourth-order valence-corrected chi connectivity index (χ4v) is 1.93. The van der Waals surface area contributed by atoms with Crippen LogP contribution in [0.5, 0.6) is 0 Å². The molecule has 0 aliphatic carbocycles. The minimum absolute atomic E-state index is 0.0310. The number of nitrogens with zero attached hydrogens (tertiary/aromatic N) is 1. The second-order valence-electron chi connectivity index (χ2n) is 4.36. The SMILES string of the molecule is CC#Cc1cn(C2OC[C@@H](O)[C@@H](O)[C@@H]2O)c(=O)[nH]c1=O. The molecule has 0 saturated carbocycles. The van der Waals surface area contributed by atoms with E-state index in [0.29, 0.717) is 0 Å². The maximum Gasteiger partial charge on any atom is 0.330 e. The van der Waals surface area contributed by atoms with Gasteiger partial charge in [-0.3, -0.25) is 14.3 Å². The van der Waals surface area contributed by atoms with E-state index in [4.69, 9.17) is 4.74 Å². The average molecular weight is 282 g/mol. The van der Waals surface area contributed by atoms with Crippen molar-refractivity contribution in [3.05, 3.63) is 32.6 Å². The highest BCUT2D eigenvalue weighted by Gasteiger charge is 2.39. The summed E-state index contributed by atoms with van der Waals surface area (Å²) in [6.45, 7) is 1.28. The van der Waals surface area contributed by atoms with Gasteiger partial charge in [-0.05, 0) is 6.92 Å². The third-order valence-corrected chi connectivity index (χ3v) is 2.98. The van der Waals surface area contributed by atoms with E-state index in [0.717, 1.165) is 10.8 Å². The molecule has 1 fully saturated rings. The molecular weight excluding hydrogens is 268 g/mol. The first-order chi connectivity index (χ1) is 9.45. The van der Waals surface area contributed by atoms with E-state index in [2.05, 4.69) is 16.8 Å². The third-order valence-electron chi connectivity index (χ3n) is 2.98. The van der Waals surface area contributed by atoms with E-state index >= 15 is 0 Å². The van der Waals surface area contributed by atoms with E-state index in [1.54, 1.807) is 0 Å². The highest BCUT2D eigenvalue weighted by molar-refractivity contribution is 5.28. The van der Waals surface area contributed by atoms with E-state index in [9.17, 15) is 24.9 Å². The topological polar surface area (TPSA) is 125 Å². The van der Waals surface area contributed by atoms with Crippen molar-refractivity contribution in [2.45, 2.75) is 31.5 Å². The van der Waals surface area contributed by atoms with Gasteiger partial charge in [0.1, 0.15) is 23.9 Å². The van der Waals surface area contributed by atoms with Crippen molar-refractivity contribution >= 4 is 0 Å². The maximum absolute atomic E-state index is 11.8. The first kappa shape index (κ1) is 14.5. The van der Waals surface area contributed by atoms with Crippen LogP contribution in [-0.2, 0) is 4.74 Å². The molecule has 4 N–H and O–H groups in total. The minimum atomic E-state index is -1.51. The fraction of sp³-hybridized carbons (Fsp3) is 0.500. The number of nitrogens with one attached hydrogen (secondary N) is 1. The summed E-state index contributed by atoms with van der Waals surface area (Å²) in [4.78, 5) is 25.3. The Hall–Kier alpha value is -1.92. The lowest BCUT2D eigenvalue weighted by Crippen LogP contribution is -2.52. The normalized spacial score (nSPS) is 29.6. The summed E-state index contributed by atoms with van der Waals surface area (Å²) >= 11 is 0. The molecule has 0 amide bonds. The molecule has 1 aromatic heterocycles. The molecule has 2 heterocycles. The maximum atomic E-state index is 11.8. The van der Waals surface area contributed by atoms with Gasteiger partial charge in [0, 0.05) is 6.20 Å². The van der Waals surface area contributed by atoms with Crippen molar-refractivity contribution in [1.82, 2.24) is 9.55 Å². The predicted molar refractivity (Wildman–Crippen MR) is 66.9 cm³/mol. The van der Waals surface area contributed by atoms with Crippen LogP contribution in [-0.4, -0.2) is 49.8 Å². The Balaban J connectivity index is 2.46. The Bertz CT molecular complexity index is 667. The van der Waals surface area contributed by atoms with Crippen molar-refractivity contribution in [2.75, 3.05) is 6.61 Å². The molecule has 0 radical (unpaired) electrons. The van der Waals surface area contributed by atoms with Crippen LogP contribution in [0, 0.1) is 11.8 Å². The van der Waals surface area contributed by atoms with Crippen LogP contribution in [0.2, 0.25) is 0 Å². The van der Waals surface area contributed by atoms with Gasteiger partial charge in [0.25, 0.3) is 5.56 Å². The zero-order valence-corrected chi connectivity index (χ0v) is 10.6. The summed E-state index contributed by atoms with van der Waals surface area (Å²) < 4.78 is 6.08. The van der Waals surface area contributed by atoms with Gasteiger partial charge in [0.2, 0.25) is 0 Å². The molecule has 4 atom stereocenters. The summed E-state index contributed by atoms with van der Waals surface area (Å²) in [7, 11) is 0. The van der Waals surface area contributed by atoms with Gasteiger partial charge < -0.3 is 20.1 Å². The molecule has 8 nitrogen and oxygen atoms in total. The molecular formula is C12H14N2O6. The number of H-pyrrole nitrogens is 1. The zero-order chi connectivity index (χ0) is 14.9. The highest BCUT2D eigenvalue weighted by Crippen LogP contribution is 2.22. The Kier molecular flexibility index (Phi) is 4.06. The van der Waals surface area contributed by atoms with Crippen molar-refractivity contribution in [1.29, 1.82) is 0 Å². The van der Waals surface area contributed by atoms with E-state index < -0.39 is 35.8 Å². The third kappa shape index (κ3) is 2.52. The van der Waals surface area contributed by atoms with Gasteiger partial charge >= 0.3 is 5.69 Å². The van der Waals surface area contributed by atoms with Crippen LogP contribution < -0.4 is 11.2 Å². The molecule has 20 heavy (non-hydrogen) atoms. The number of hydrogen-bond donors (Lipinski definition) is 4. The van der Waals surface area contributed by atoms with Gasteiger partial charge in [-0.1, -0.05) is 5.92 Å². The number of aliphatic hydroxyl groups is 3. The Morgan fingerprint density at radius 3 is 2.70 bits per heavy atom. The molecule has 2 rings (SSSR count). The monoisotopic (exact) mass is 282 g/mol. The number of ether oxygens (including phenoxy) is 1. The van der Waals surface area contributed by atoms with Crippen molar-refractivity contribution in [2.24, 2.45) is 0 Å². The number of aliphatic hydroxyl groups excluding tert-OH is 3. The molecule has 1 aliphatic heterocycles. The number of hydrogen-bond acceptors (Lipinski definition) is 6. The van der Waals surface area contributed by atoms with Crippen LogP contribution in [0.15, 0.2) is 15.8 Å². The lowest BCUT2D eigenvalue weighted by Gasteiger charge is -2.35. The second kappa shape index (κ2) is 5.60. The number of aromatic nitrogens is 2. The summed E-state index contributed by atoms with van der Waals surface area (Å²) in [6.07, 6.45) is -4.27. The Morgan fingerprint density at radius 1 is 1.35 bits per heavy atom. The molecule has 0 spiro atoms. The molecule has 0 bridgehead atoms. The molecule has 1 unspecified atom stereocenters. The molecule has 8 heteroatoms. The van der Waals surface area contributed by atoms with Crippen LogP contribution in [0.1, 0.15) is 18.7 Å². The number of aromatic amines is 1. The van der Waals surface area contributed by atoms with Crippen LogP contribution in [0.25, 0.3) is 0 Å². The predicted octanol–water partition coefficient (Wildman–Crippen LogP) is -2.48. The summed E-state index contributed by atoms with van der Waals surface area (Å²) in [5, 5.41) is 28.8. The van der Waals surface area contributed by atoms with Crippen LogP contribution >= 0.6 is 0 Å².